The third kappa shape index (κ3) is 2.18. The molecule has 0 N–H and O–H groups in total. The van der Waals surface area contributed by atoms with Gasteiger partial charge in [0.2, 0.25) is 0 Å². The average Bonchev–Trinajstić information content (AvgIpc) is 2.47. The summed E-state index contributed by atoms with van der Waals surface area (Å²) in [6, 6.07) is 15.0. The Morgan fingerprint density at radius 2 is 1.75 bits per heavy atom. The van der Waals surface area contributed by atoms with E-state index in [-0.39, 0.29) is 5.63 Å². The molecular formula is C17H14O3. The Labute approximate surface area is 116 Å². The van der Waals surface area contributed by atoms with E-state index in [9.17, 15) is 4.79 Å². The maximum absolute atomic E-state index is 11.7. The van der Waals surface area contributed by atoms with Crippen molar-refractivity contribution in [3.63, 3.8) is 0 Å². The summed E-state index contributed by atoms with van der Waals surface area (Å²) < 4.78 is 10.4. The van der Waals surface area contributed by atoms with E-state index in [0.29, 0.717) is 5.58 Å². The number of ether oxygens (including phenoxy) is 1. The monoisotopic (exact) mass is 266 g/mol. The summed E-state index contributed by atoms with van der Waals surface area (Å²) in [5, 5.41) is 0.940. The molecule has 0 spiro atoms. The van der Waals surface area contributed by atoms with Crippen LogP contribution >= 0.6 is 0 Å². The number of benzene rings is 2. The number of methoxy groups -OCH3 is 1. The maximum Gasteiger partial charge on any atom is 0.336 e. The molecule has 1 aromatic heterocycles. The van der Waals surface area contributed by atoms with Gasteiger partial charge in [0.1, 0.15) is 11.3 Å². The molecule has 0 unspecified atom stereocenters. The van der Waals surface area contributed by atoms with Crippen LogP contribution in [0.4, 0.5) is 0 Å². The molecule has 0 atom stereocenters. The third-order valence-corrected chi connectivity index (χ3v) is 3.30. The molecule has 3 heteroatoms. The highest BCUT2D eigenvalue weighted by molar-refractivity contribution is 5.93. The predicted octanol–water partition coefficient (Wildman–Crippen LogP) is 3.78. The molecule has 0 aliphatic rings. The van der Waals surface area contributed by atoms with Crippen LogP contribution in [0.25, 0.3) is 22.1 Å². The first-order chi connectivity index (χ1) is 9.67. The number of fused-ring (bicyclic) bond motifs is 1. The largest absolute Gasteiger partial charge is 0.497 e. The molecule has 0 fully saturated rings. The van der Waals surface area contributed by atoms with E-state index >= 15 is 0 Å². The van der Waals surface area contributed by atoms with Gasteiger partial charge in [-0.3, -0.25) is 0 Å². The molecule has 3 aromatic rings. The van der Waals surface area contributed by atoms with E-state index in [1.807, 2.05) is 49.4 Å². The van der Waals surface area contributed by atoms with Gasteiger partial charge >= 0.3 is 5.63 Å². The van der Waals surface area contributed by atoms with E-state index < -0.39 is 0 Å². The zero-order valence-electron chi connectivity index (χ0n) is 11.3. The van der Waals surface area contributed by atoms with Crippen LogP contribution in [0.5, 0.6) is 5.75 Å². The Kier molecular flexibility index (Phi) is 3.03. The molecule has 0 aliphatic carbocycles. The van der Waals surface area contributed by atoms with Crippen molar-refractivity contribution in [1.82, 2.24) is 0 Å². The topological polar surface area (TPSA) is 39.4 Å². The Balaban J connectivity index is 2.28. The molecule has 0 saturated heterocycles. The minimum absolute atomic E-state index is 0.341. The first-order valence-corrected chi connectivity index (χ1v) is 6.36. The van der Waals surface area contributed by atoms with Gasteiger partial charge in [0.15, 0.2) is 0 Å². The molecule has 1 heterocycles. The Morgan fingerprint density at radius 1 is 1.00 bits per heavy atom. The number of hydrogen-bond acceptors (Lipinski definition) is 3. The SMILES string of the molecule is COc1ccc(-c2cc(=O)oc3ccc(C)cc23)cc1. The highest BCUT2D eigenvalue weighted by Crippen LogP contribution is 2.29. The van der Waals surface area contributed by atoms with Crippen molar-refractivity contribution in [3.05, 3.63) is 64.5 Å². The van der Waals surface area contributed by atoms with Crippen LogP contribution in [0.3, 0.4) is 0 Å². The van der Waals surface area contributed by atoms with E-state index in [1.165, 1.54) is 6.07 Å². The van der Waals surface area contributed by atoms with E-state index in [1.54, 1.807) is 7.11 Å². The summed E-state index contributed by atoms with van der Waals surface area (Å²) in [6.07, 6.45) is 0. The quantitative estimate of drug-likeness (QED) is 0.663. The third-order valence-electron chi connectivity index (χ3n) is 3.30. The standard InChI is InChI=1S/C17H14O3/c1-11-3-8-16-15(9-11)14(10-17(18)20-16)12-4-6-13(19-2)7-5-12/h3-10H,1-2H3. The maximum atomic E-state index is 11.7. The van der Waals surface area contributed by atoms with Crippen LogP contribution in [0.2, 0.25) is 0 Å². The van der Waals surface area contributed by atoms with Gasteiger partial charge in [0, 0.05) is 11.5 Å². The predicted molar refractivity (Wildman–Crippen MR) is 79.2 cm³/mol. The van der Waals surface area contributed by atoms with E-state index in [2.05, 4.69) is 0 Å². The van der Waals surface area contributed by atoms with Gasteiger partial charge in [-0.15, -0.1) is 0 Å². The Morgan fingerprint density at radius 3 is 2.45 bits per heavy atom. The summed E-state index contributed by atoms with van der Waals surface area (Å²) in [5.41, 5.74) is 3.24. The second-order valence-electron chi connectivity index (χ2n) is 4.71. The van der Waals surface area contributed by atoms with Crippen molar-refractivity contribution in [1.29, 1.82) is 0 Å². The molecule has 3 rings (SSSR count). The fourth-order valence-electron chi connectivity index (χ4n) is 2.29. The van der Waals surface area contributed by atoms with Crippen molar-refractivity contribution >= 4 is 11.0 Å². The minimum Gasteiger partial charge on any atom is -0.497 e. The molecule has 0 aliphatic heterocycles. The zero-order chi connectivity index (χ0) is 14.1. The van der Waals surface area contributed by atoms with Gasteiger partial charge in [-0.05, 0) is 42.3 Å². The number of rotatable bonds is 2. The van der Waals surface area contributed by atoms with Gasteiger partial charge in [0.05, 0.1) is 7.11 Å². The molecule has 100 valence electrons. The van der Waals surface area contributed by atoms with Crippen LogP contribution in [0, 0.1) is 6.92 Å². The minimum atomic E-state index is -0.341. The van der Waals surface area contributed by atoms with Gasteiger partial charge in [-0.2, -0.15) is 0 Å². The van der Waals surface area contributed by atoms with Gasteiger partial charge in [-0.1, -0.05) is 23.8 Å². The normalized spacial score (nSPS) is 10.7. The zero-order valence-corrected chi connectivity index (χ0v) is 11.3. The smallest absolute Gasteiger partial charge is 0.336 e. The van der Waals surface area contributed by atoms with Crippen molar-refractivity contribution in [2.24, 2.45) is 0 Å². The molecule has 0 saturated carbocycles. The van der Waals surface area contributed by atoms with Crippen LogP contribution in [-0.4, -0.2) is 7.11 Å². The summed E-state index contributed by atoms with van der Waals surface area (Å²) in [7, 11) is 1.63. The fraction of sp³-hybridized carbons (Fsp3) is 0.118. The number of aryl methyl sites for hydroxylation is 1. The molecule has 3 nitrogen and oxygen atoms in total. The van der Waals surface area contributed by atoms with Crippen LogP contribution < -0.4 is 10.4 Å². The summed E-state index contributed by atoms with van der Waals surface area (Å²) >= 11 is 0. The molecule has 0 radical (unpaired) electrons. The van der Waals surface area contributed by atoms with E-state index in [4.69, 9.17) is 9.15 Å². The van der Waals surface area contributed by atoms with Crippen molar-refractivity contribution < 1.29 is 9.15 Å². The summed E-state index contributed by atoms with van der Waals surface area (Å²) in [6.45, 7) is 2.02. The van der Waals surface area contributed by atoms with E-state index in [0.717, 1.165) is 27.8 Å². The van der Waals surface area contributed by atoms with Crippen molar-refractivity contribution in [2.45, 2.75) is 6.92 Å². The Bertz CT molecular complexity index is 814. The lowest BCUT2D eigenvalue weighted by Crippen LogP contribution is -1.98. The second-order valence-corrected chi connectivity index (χ2v) is 4.71. The lowest BCUT2D eigenvalue weighted by atomic mass is 10.0. The number of hydrogen-bond donors (Lipinski definition) is 0. The molecule has 0 bridgehead atoms. The van der Waals surface area contributed by atoms with Crippen LogP contribution in [0.15, 0.2) is 57.7 Å². The van der Waals surface area contributed by atoms with Gasteiger partial charge in [0.25, 0.3) is 0 Å². The molecule has 20 heavy (non-hydrogen) atoms. The van der Waals surface area contributed by atoms with Crippen LogP contribution in [-0.2, 0) is 0 Å². The van der Waals surface area contributed by atoms with Crippen molar-refractivity contribution in [2.75, 3.05) is 7.11 Å². The lowest BCUT2D eigenvalue weighted by molar-refractivity contribution is 0.415. The first kappa shape index (κ1) is 12.5. The van der Waals surface area contributed by atoms with Crippen LogP contribution in [0.1, 0.15) is 5.56 Å². The molecule has 0 amide bonds. The van der Waals surface area contributed by atoms with Gasteiger partial charge < -0.3 is 9.15 Å². The highest BCUT2D eigenvalue weighted by Gasteiger charge is 2.08. The summed E-state index contributed by atoms with van der Waals surface area (Å²) in [5.74, 6) is 0.789. The summed E-state index contributed by atoms with van der Waals surface area (Å²) in [4.78, 5) is 11.7. The van der Waals surface area contributed by atoms with Crippen molar-refractivity contribution in [3.8, 4) is 16.9 Å². The molecule has 2 aromatic carbocycles. The second kappa shape index (κ2) is 4.85. The highest BCUT2D eigenvalue weighted by atomic mass is 16.5. The Hall–Kier alpha value is -2.55. The van der Waals surface area contributed by atoms with Gasteiger partial charge in [-0.25, -0.2) is 4.79 Å². The molecular weight excluding hydrogens is 252 g/mol. The average molecular weight is 266 g/mol. The lowest BCUT2D eigenvalue weighted by Gasteiger charge is -2.07. The first-order valence-electron chi connectivity index (χ1n) is 6.36. The fourth-order valence-corrected chi connectivity index (χ4v) is 2.29.